The molecule has 1 amide bonds. The number of nitrogens with one attached hydrogen (secondary N) is 1. The average Bonchev–Trinajstić information content (AvgIpc) is 3.37. The lowest BCUT2D eigenvalue weighted by atomic mass is 10.2. The van der Waals surface area contributed by atoms with Crippen molar-refractivity contribution in [1.82, 2.24) is 10.3 Å². The zero-order valence-corrected chi connectivity index (χ0v) is 12.3. The molecule has 7 heteroatoms. The maximum absolute atomic E-state index is 12.2. The van der Waals surface area contributed by atoms with Crippen molar-refractivity contribution in [2.45, 2.75) is 18.9 Å². The van der Waals surface area contributed by atoms with Gasteiger partial charge >= 0.3 is 5.97 Å². The fourth-order valence-electron chi connectivity index (χ4n) is 2.29. The first-order valence-electron chi connectivity index (χ1n) is 7.48. The van der Waals surface area contributed by atoms with Crippen LogP contribution in [0.4, 0.5) is 5.82 Å². The third kappa shape index (κ3) is 3.73. The van der Waals surface area contributed by atoms with Gasteiger partial charge in [0.25, 0.3) is 5.91 Å². The number of rotatable bonds is 5. The summed E-state index contributed by atoms with van der Waals surface area (Å²) in [4.78, 5) is 30.1. The maximum Gasteiger partial charge on any atom is 0.342 e. The predicted octanol–water partition coefficient (Wildman–Crippen LogP) is 0.354. The van der Waals surface area contributed by atoms with E-state index >= 15 is 0 Å². The maximum atomic E-state index is 12.2. The van der Waals surface area contributed by atoms with Crippen molar-refractivity contribution in [3.63, 3.8) is 0 Å². The normalized spacial score (nSPS) is 17.9. The van der Waals surface area contributed by atoms with Crippen LogP contribution in [0.5, 0.6) is 0 Å². The van der Waals surface area contributed by atoms with Crippen LogP contribution in [-0.2, 0) is 14.3 Å². The molecule has 2 heterocycles. The molecular weight excluding hydrogens is 286 g/mol. The van der Waals surface area contributed by atoms with Crippen molar-refractivity contribution in [2.24, 2.45) is 0 Å². The highest BCUT2D eigenvalue weighted by molar-refractivity contribution is 5.96. The number of nitrogens with zero attached hydrogens (tertiary/aromatic N) is 2. The summed E-state index contributed by atoms with van der Waals surface area (Å²) in [6, 6.07) is 3.61. The fourth-order valence-corrected chi connectivity index (χ4v) is 2.29. The van der Waals surface area contributed by atoms with Crippen LogP contribution in [0.1, 0.15) is 23.2 Å². The Labute approximate surface area is 128 Å². The third-order valence-electron chi connectivity index (χ3n) is 3.59. The van der Waals surface area contributed by atoms with Crippen LogP contribution < -0.4 is 10.2 Å². The monoisotopic (exact) mass is 305 g/mol. The second-order valence-electron chi connectivity index (χ2n) is 5.39. The van der Waals surface area contributed by atoms with E-state index in [9.17, 15) is 9.59 Å². The van der Waals surface area contributed by atoms with Crippen LogP contribution in [0.15, 0.2) is 18.3 Å². The highest BCUT2D eigenvalue weighted by Gasteiger charge is 2.25. The minimum Gasteiger partial charge on any atom is -0.452 e. The van der Waals surface area contributed by atoms with Crippen molar-refractivity contribution in [1.29, 1.82) is 0 Å². The third-order valence-corrected chi connectivity index (χ3v) is 3.59. The molecule has 2 fully saturated rings. The average molecular weight is 305 g/mol. The Morgan fingerprint density at radius 1 is 1.36 bits per heavy atom. The molecule has 118 valence electrons. The molecule has 1 aliphatic heterocycles. The van der Waals surface area contributed by atoms with E-state index in [1.165, 1.54) is 0 Å². The van der Waals surface area contributed by atoms with Crippen LogP contribution in [-0.4, -0.2) is 55.8 Å². The van der Waals surface area contributed by atoms with E-state index in [0.717, 1.165) is 12.8 Å². The van der Waals surface area contributed by atoms with E-state index in [4.69, 9.17) is 9.47 Å². The van der Waals surface area contributed by atoms with Crippen molar-refractivity contribution in [2.75, 3.05) is 37.8 Å². The predicted molar refractivity (Wildman–Crippen MR) is 78.7 cm³/mol. The van der Waals surface area contributed by atoms with E-state index in [1.807, 2.05) is 4.90 Å². The van der Waals surface area contributed by atoms with Crippen LogP contribution in [0.25, 0.3) is 0 Å². The molecule has 0 atom stereocenters. The Morgan fingerprint density at radius 3 is 2.86 bits per heavy atom. The second kappa shape index (κ2) is 6.74. The van der Waals surface area contributed by atoms with Crippen LogP contribution in [0.2, 0.25) is 0 Å². The number of pyridine rings is 1. The summed E-state index contributed by atoms with van der Waals surface area (Å²) in [5, 5.41) is 2.78. The highest BCUT2D eigenvalue weighted by atomic mass is 16.5. The number of aromatic nitrogens is 1. The molecule has 3 rings (SSSR count). The largest absolute Gasteiger partial charge is 0.452 e. The van der Waals surface area contributed by atoms with Gasteiger partial charge in [-0.2, -0.15) is 0 Å². The first-order valence-corrected chi connectivity index (χ1v) is 7.48. The lowest BCUT2D eigenvalue weighted by molar-refractivity contribution is -0.124. The van der Waals surface area contributed by atoms with Crippen molar-refractivity contribution in [3.05, 3.63) is 23.9 Å². The first-order chi connectivity index (χ1) is 10.7. The Hall–Kier alpha value is -2.15. The van der Waals surface area contributed by atoms with Gasteiger partial charge in [-0.1, -0.05) is 0 Å². The van der Waals surface area contributed by atoms with Gasteiger partial charge in [0.05, 0.1) is 13.2 Å². The van der Waals surface area contributed by atoms with Gasteiger partial charge in [-0.05, 0) is 25.0 Å². The summed E-state index contributed by atoms with van der Waals surface area (Å²) >= 11 is 0. The lowest BCUT2D eigenvalue weighted by Gasteiger charge is -2.28. The number of ether oxygens (including phenoxy) is 2. The van der Waals surface area contributed by atoms with E-state index in [1.54, 1.807) is 18.3 Å². The molecule has 7 nitrogen and oxygen atoms in total. The van der Waals surface area contributed by atoms with Gasteiger partial charge in [0.2, 0.25) is 0 Å². The summed E-state index contributed by atoms with van der Waals surface area (Å²) in [5.74, 6) is -0.202. The molecule has 0 bridgehead atoms. The fraction of sp³-hybridized carbons (Fsp3) is 0.533. The van der Waals surface area contributed by atoms with Gasteiger partial charge in [-0.15, -0.1) is 0 Å². The van der Waals surface area contributed by atoms with E-state index in [-0.39, 0.29) is 18.6 Å². The van der Waals surface area contributed by atoms with Gasteiger partial charge in [0.15, 0.2) is 6.61 Å². The quantitative estimate of drug-likeness (QED) is 0.791. The molecule has 0 unspecified atom stereocenters. The minimum atomic E-state index is -0.527. The number of amides is 1. The van der Waals surface area contributed by atoms with Gasteiger partial charge in [-0.3, -0.25) is 4.79 Å². The van der Waals surface area contributed by atoms with Gasteiger partial charge in [0, 0.05) is 25.3 Å². The van der Waals surface area contributed by atoms with Crippen molar-refractivity contribution >= 4 is 17.7 Å². The topological polar surface area (TPSA) is 80.8 Å². The Morgan fingerprint density at radius 2 is 2.14 bits per heavy atom. The number of anilines is 1. The molecule has 1 N–H and O–H groups in total. The standard InChI is InChI=1S/C15H19N3O4/c19-13(17-11-3-4-11)10-22-15(20)12-2-1-5-16-14(12)18-6-8-21-9-7-18/h1-2,5,11H,3-4,6-10H2,(H,17,19). The molecule has 1 aromatic heterocycles. The Bertz CT molecular complexity index is 553. The number of carbonyl (C=O) groups excluding carboxylic acids is 2. The van der Waals surface area contributed by atoms with E-state index in [0.29, 0.717) is 37.7 Å². The van der Waals surface area contributed by atoms with Crippen LogP contribution >= 0.6 is 0 Å². The molecule has 2 aliphatic rings. The summed E-state index contributed by atoms with van der Waals surface area (Å²) < 4.78 is 10.4. The summed E-state index contributed by atoms with van der Waals surface area (Å²) in [7, 11) is 0. The van der Waals surface area contributed by atoms with Crippen LogP contribution in [0.3, 0.4) is 0 Å². The number of hydrogen-bond acceptors (Lipinski definition) is 6. The van der Waals surface area contributed by atoms with Crippen LogP contribution in [0, 0.1) is 0 Å². The smallest absolute Gasteiger partial charge is 0.342 e. The van der Waals surface area contributed by atoms with Crippen molar-refractivity contribution < 1.29 is 19.1 Å². The molecule has 0 radical (unpaired) electrons. The second-order valence-corrected chi connectivity index (χ2v) is 5.39. The zero-order valence-electron chi connectivity index (χ0n) is 12.3. The Kier molecular flexibility index (Phi) is 4.53. The summed E-state index contributed by atoms with van der Waals surface area (Å²) in [5.41, 5.74) is 0.378. The van der Waals surface area contributed by atoms with E-state index < -0.39 is 5.97 Å². The first kappa shape index (κ1) is 14.8. The van der Waals surface area contributed by atoms with Crippen molar-refractivity contribution in [3.8, 4) is 0 Å². The SMILES string of the molecule is O=C(COC(=O)c1cccnc1N1CCOCC1)NC1CC1. The number of hydrogen-bond donors (Lipinski definition) is 1. The molecule has 1 saturated heterocycles. The Balaban J connectivity index is 1.62. The molecule has 1 aliphatic carbocycles. The van der Waals surface area contributed by atoms with Gasteiger partial charge in [-0.25, -0.2) is 9.78 Å². The lowest BCUT2D eigenvalue weighted by Crippen LogP contribution is -2.38. The molecule has 1 aromatic rings. The van der Waals surface area contributed by atoms with Gasteiger partial charge in [0.1, 0.15) is 11.4 Å². The minimum absolute atomic E-state index is 0.257. The molecule has 0 aromatic carbocycles. The highest BCUT2D eigenvalue weighted by Crippen LogP contribution is 2.20. The molecule has 0 spiro atoms. The molecular formula is C15H19N3O4. The zero-order chi connectivity index (χ0) is 15.4. The number of esters is 1. The molecule has 1 saturated carbocycles. The van der Waals surface area contributed by atoms with E-state index in [2.05, 4.69) is 10.3 Å². The molecule has 22 heavy (non-hydrogen) atoms. The van der Waals surface area contributed by atoms with Gasteiger partial charge < -0.3 is 19.7 Å². The number of morpholine rings is 1. The number of carbonyl (C=O) groups is 2. The summed E-state index contributed by atoms with van der Waals surface area (Å²) in [6.45, 7) is 2.31. The summed E-state index contributed by atoms with van der Waals surface area (Å²) in [6.07, 6.45) is 3.65.